The SMILES string of the molecule is Cc1ccc(SCC(=O)c2ccc3c(c2)C[C@H](C)N3S(C)(=O)=O)cc1C. The standard InChI is InChI=1S/C20H23NO3S2/c1-13-5-7-18(9-14(13)2)25-12-20(22)16-6-8-19-17(11-16)10-15(3)21(19)26(4,23)24/h5-9,11,15H,10,12H2,1-4H3/t15-/m0/s1. The van der Waals surface area contributed by atoms with Gasteiger partial charge in [0.1, 0.15) is 0 Å². The number of nitrogens with zero attached hydrogens (tertiary/aromatic N) is 1. The van der Waals surface area contributed by atoms with E-state index in [0.717, 1.165) is 10.5 Å². The van der Waals surface area contributed by atoms with E-state index < -0.39 is 10.0 Å². The van der Waals surface area contributed by atoms with Crippen LogP contribution < -0.4 is 4.31 Å². The van der Waals surface area contributed by atoms with Gasteiger partial charge in [-0.25, -0.2) is 8.42 Å². The monoisotopic (exact) mass is 389 g/mol. The summed E-state index contributed by atoms with van der Waals surface area (Å²) in [7, 11) is -3.31. The van der Waals surface area contributed by atoms with Crippen LogP contribution in [0.5, 0.6) is 0 Å². The number of thioether (sulfide) groups is 1. The molecule has 0 aromatic heterocycles. The molecule has 1 aliphatic rings. The zero-order valence-corrected chi connectivity index (χ0v) is 17.1. The van der Waals surface area contributed by atoms with Crippen molar-refractivity contribution in [2.45, 2.75) is 38.1 Å². The van der Waals surface area contributed by atoms with E-state index in [-0.39, 0.29) is 11.8 Å². The Kier molecular flexibility index (Phi) is 5.17. The summed E-state index contributed by atoms with van der Waals surface area (Å²) in [5.74, 6) is 0.425. The first-order valence-corrected chi connectivity index (χ1v) is 11.4. The summed E-state index contributed by atoms with van der Waals surface area (Å²) in [6.45, 7) is 6.02. The molecule has 2 aromatic carbocycles. The maximum absolute atomic E-state index is 12.6. The van der Waals surface area contributed by atoms with E-state index in [1.807, 2.05) is 19.1 Å². The molecule has 0 unspecified atom stereocenters. The van der Waals surface area contributed by atoms with Gasteiger partial charge in [0, 0.05) is 16.5 Å². The second kappa shape index (κ2) is 7.08. The highest BCUT2D eigenvalue weighted by Gasteiger charge is 2.32. The molecule has 0 bridgehead atoms. The van der Waals surface area contributed by atoms with E-state index in [4.69, 9.17) is 0 Å². The number of anilines is 1. The molecule has 3 rings (SSSR count). The van der Waals surface area contributed by atoms with Gasteiger partial charge in [-0.3, -0.25) is 9.10 Å². The van der Waals surface area contributed by atoms with Crippen LogP contribution in [0.25, 0.3) is 0 Å². The number of Topliss-reactive ketones (excluding diaryl/α,β-unsaturated/α-hetero) is 1. The zero-order chi connectivity index (χ0) is 19.1. The van der Waals surface area contributed by atoms with Crippen LogP contribution in [-0.4, -0.2) is 32.3 Å². The molecule has 4 nitrogen and oxygen atoms in total. The third-order valence-electron chi connectivity index (χ3n) is 4.76. The van der Waals surface area contributed by atoms with Crippen LogP contribution in [0, 0.1) is 13.8 Å². The Morgan fingerprint density at radius 3 is 2.54 bits per heavy atom. The van der Waals surface area contributed by atoms with Gasteiger partial charge in [-0.2, -0.15) is 0 Å². The van der Waals surface area contributed by atoms with Crippen molar-refractivity contribution in [3.05, 3.63) is 58.7 Å². The lowest BCUT2D eigenvalue weighted by Gasteiger charge is -2.21. The highest BCUT2D eigenvalue weighted by atomic mass is 32.2. The first-order valence-electron chi connectivity index (χ1n) is 8.52. The minimum absolute atomic E-state index is 0.0569. The van der Waals surface area contributed by atoms with Gasteiger partial charge in [0.25, 0.3) is 0 Å². The van der Waals surface area contributed by atoms with Crippen LogP contribution in [0.1, 0.15) is 34.0 Å². The molecule has 1 aliphatic heterocycles. The molecule has 1 atom stereocenters. The first kappa shape index (κ1) is 19.0. The number of carbonyl (C=O) groups excluding carboxylic acids is 1. The number of aryl methyl sites for hydroxylation is 2. The van der Waals surface area contributed by atoms with Crippen LogP contribution >= 0.6 is 11.8 Å². The number of carbonyl (C=O) groups is 1. The Labute approximate surface area is 159 Å². The fourth-order valence-electron chi connectivity index (χ4n) is 3.32. The molecule has 26 heavy (non-hydrogen) atoms. The quantitative estimate of drug-likeness (QED) is 0.573. The van der Waals surface area contributed by atoms with Crippen molar-refractivity contribution in [2.75, 3.05) is 16.3 Å². The maximum atomic E-state index is 12.6. The molecule has 138 valence electrons. The fraction of sp³-hybridized carbons (Fsp3) is 0.350. The van der Waals surface area contributed by atoms with Crippen LogP contribution in [-0.2, 0) is 16.4 Å². The van der Waals surface area contributed by atoms with Crippen molar-refractivity contribution >= 4 is 33.3 Å². The molecule has 1 heterocycles. The van der Waals surface area contributed by atoms with Crippen LogP contribution in [0.3, 0.4) is 0 Å². The van der Waals surface area contributed by atoms with Gasteiger partial charge in [0.15, 0.2) is 5.78 Å². The Bertz CT molecular complexity index is 967. The summed E-state index contributed by atoms with van der Waals surface area (Å²) in [6.07, 6.45) is 1.85. The van der Waals surface area contributed by atoms with Gasteiger partial charge in [-0.15, -0.1) is 11.8 Å². The Hall–Kier alpha value is -1.79. The van der Waals surface area contributed by atoms with E-state index in [1.54, 1.807) is 12.1 Å². The van der Waals surface area contributed by atoms with Gasteiger partial charge in [0.05, 0.1) is 17.7 Å². The molecule has 2 aromatic rings. The molecular weight excluding hydrogens is 366 g/mol. The van der Waals surface area contributed by atoms with Gasteiger partial charge < -0.3 is 0 Å². The van der Waals surface area contributed by atoms with Crippen molar-refractivity contribution in [1.29, 1.82) is 0 Å². The van der Waals surface area contributed by atoms with Gasteiger partial charge in [0.2, 0.25) is 10.0 Å². The predicted molar refractivity (Wildman–Crippen MR) is 108 cm³/mol. The minimum Gasteiger partial charge on any atom is -0.293 e. The highest BCUT2D eigenvalue weighted by molar-refractivity contribution is 8.00. The summed E-state index contributed by atoms with van der Waals surface area (Å²) < 4.78 is 25.4. The number of benzene rings is 2. The molecule has 0 aliphatic carbocycles. The van der Waals surface area contributed by atoms with Crippen molar-refractivity contribution in [3.8, 4) is 0 Å². The second-order valence-electron chi connectivity index (χ2n) is 6.91. The van der Waals surface area contributed by atoms with Gasteiger partial charge in [-0.05, 0) is 74.2 Å². The molecule has 0 N–H and O–H groups in total. The highest BCUT2D eigenvalue weighted by Crippen LogP contribution is 2.35. The van der Waals surface area contributed by atoms with Crippen molar-refractivity contribution < 1.29 is 13.2 Å². The fourth-order valence-corrected chi connectivity index (χ4v) is 5.47. The van der Waals surface area contributed by atoms with Crippen molar-refractivity contribution in [3.63, 3.8) is 0 Å². The maximum Gasteiger partial charge on any atom is 0.232 e. The van der Waals surface area contributed by atoms with Crippen molar-refractivity contribution in [2.24, 2.45) is 0 Å². The van der Waals surface area contributed by atoms with Crippen LogP contribution in [0.15, 0.2) is 41.3 Å². The molecule has 0 radical (unpaired) electrons. The lowest BCUT2D eigenvalue weighted by molar-refractivity contribution is 0.102. The zero-order valence-electron chi connectivity index (χ0n) is 15.4. The van der Waals surface area contributed by atoms with E-state index in [0.29, 0.717) is 23.4 Å². The summed E-state index contributed by atoms with van der Waals surface area (Å²) in [4.78, 5) is 13.7. The molecule has 0 amide bonds. The number of rotatable bonds is 5. The van der Waals surface area contributed by atoms with Crippen LogP contribution in [0.4, 0.5) is 5.69 Å². The molecular formula is C20H23NO3S2. The van der Waals surface area contributed by atoms with E-state index in [2.05, 4.69) is 26.0 Å². The number of fused-ring (bicyclic) bond motifs is 1. The topological polar surface area (TPSA) is 54.5 Å². The summed E-state index contributed by atoms with van der Waals surface area (Å²) in [5, 5.41) is 0. The molecule has 0 saturated carbocycles. The predicted octanol–water partition coefficient (Wildman–Crippen LogP) is 3.99. The van der Waals surface area contributed by atoms with Gasteiger partial charge >= 0.3 is 0 Å². The Balaban J connectivity index is 1.75. The lowest BCUT2D eigenvalue weighted by Crippen LogP contribution is -2.34. The number of hydrogen-bond acceptors (Lipinski definition) is 4. The largest absolute Gasteiger partial charge is 0.293 e. The van der Waals surface area contributed by atoms with Gasteiger partial charge in [-0.1, -0.05) is 6.07 Å². The summed E-state index contributed by atoms with van der Waals surface area (Å²) in [5.41, 5.74) is 4.71. The molecule has 6 heteroatoms. The van der Waals surface area contributed by atoms with E-state index >= 15 is 0 Å². The Morgan fingerprint density at radius 1 is 1.15 bits per heavy atom. The minimum atomic E-state index is -3.31. The average molecular weight is 390 g/mol. The third-order valence-corrected chi connectivity index (χ3v) is 7.03. The van der Waals surface area contributed by atoms with E-state index in [9.17, 15) is 13.2 Å². The average Bonchev–Trinajstić information content (AvgIpc) is 2.90. The lowest BCUT2D eigenvalue weighted by atomic mass is 10.0. The number of ketones is 1. The number of hydrogen-bond donors (Lipinski definition) is 0. The Morgan fingerprint density at radius 2 is 1.88 bits per heavy atom. The smallest absolute Gasteiger partial charge is 0.232 e. The third kappa shape index (κ3) is 3.81. The van der Waals surface area contributed by atoms with Crippen molar-refractivity contribution in [1.82, 2.24) is 0 Å². The summed E-state index contributed by atoms with van der Waals surface area (Å²) >= 11 is 1.53. The van der Waals surface area contributed by atoms with Crippen LogP contribution in [0.2, 0.25) is 0 Å². The summed E-state index contributed by atoms with van der Waals surface area (Å²) in [6, 6.07) is 11.4. The van der Waals surface area contributed by atoms with E-state index in [1.165, 1.54) is 33.4 Å². The molecule has 0 spiro atoms. The molecule has 0 fully saturated rings. The normalized spacial score (nSPS) is 16.6. The molecule has 0 saturated heterocycles. The first-order chi connectivity index (χ1) is 12.2. The number of sulfonamides is 1. The second-order valence-corrected chi connectivity index (χ2v) is 9.82.